The van der Waals surface area contributed by atoms with Gasteiger partial charge in [-0.2, -0.15) is 0 Å². The molecule has 3 rings (SSSR count). The van der Waals surface area contributed by atoms with Gasteiger partial charge in [0, 0.05) is 40.3 Å². The summed E-state index contributed by atoms with van der Waals surface area (Å²) in [4.78, 5) is 0. The number of nitrogens with zero attached hydrogens (tertiary/aromatic N) is 1. The molecule has 0 amide bonds. The van der Waals surface area contributed by atoms with Gasteiger partial charge in [-0.25, -0.2) is 0 Å². The highest BCUT2D eigenvalue weighted by molar-refractivity contribution is 9.10. The number of aromatic nitrogens is 1. The van der Waals surface area contributed by atoms with E-state index in [1.165, 1.54) is 16.6 Å². The van der Waals surface area contributed by atoms with E-state index in [0.717, 1.165) is 24.0 Å². The third-order valence-corrected chi connectivity index (χ3v) is 3.91. The number of fused-ring (bicyclic) bond motifs is 1. The lowest BCUT2D eigenvalue weighted by molar-refractivity contribution is 0.683. The van der Waals surface area contributed by atoms with Crippen molar-refractivity contribution in [3.05, 3.63) is 65.3 Å². The van der Waals surface area contributed by atoms with Gasteiger partial charge in [0.15, 0.2) is 0 Å². The summed E-state index contributed by atoms with van der Waals surface area (Å²) in [6.45, 7) is 2.02. The molecular formula is C17H17BrN2. The molecule has 0 atom stereocenters. The van der Waals surface area contributed by atoms with Crippen molar-refractivity contribution in [1.29, 1.82) is 0 Å². The summed E-state index contributed by atoms with van der Waals surface area (Å²) in [5.41, 5.74) is 2.49. The summed E-state index contributed by atoms with van der Waals surface area (Å²) in [7, 11) is 0. The highest BCUT2D eigenvalue weighted by Crippen LogP contribution is 2.21. The molecular weight excluding hydrogens is 312 g/mol. The van der Waals surface area contributed by atoms with Crippen molar-refractivity contribution in [2.24, 2.45) is 0 Å². The van der Waals surface area contributed by atoms with Crippen molar-refractivity contribution in [1.82, 2.24) is 4.57 Å². The smallest absolute Gasteiger partial charge is 0.0481 e. The fraction of sp³-hybridized carbons (Fsp3) is 0.176. The maximum Gasteiger partial charge on any atom is 0.0481 e. The molecule has 2 aromatic carbocycles. The molecule has 1 aromatic heterocycles. The molecule has 20 heavy (non-hydrogen) atoms. The van der Waals surface area contributed by atoms with E-state index in [2.05, 4.69) is 80.5 Å². The van der Waals surface area contributed by atoms with Crippen LogP contribution in [0.2, 0.25) is 0 Å². The van der Waals surface area contributed by atoms with E-state index < -0.39 is 0 Å². The zero-order chi connectivity index (χ0) is 13.8. The zero-order valence-corrected chi connectivity index (χ0v) is 12.8. The summed E-state index contributed by atoms with van der Waals surface area (Å²) in [5.74, 6) is 0. The van der Waals surface area contributed by atoms with Crippen LogP contribution in [0.5, 0.6) is 0 Å². The number of rotatable bonds is 5. The first-order chi connectivity index (χ1) is 9.83. The van der Waals surface area contributed by atoms with Gasteiger partial charge in [-0.15, -0.1) is 0 Å². The van der Waals surface area contributed by atoms with Crippen molar-refractivity contribution in [2.45, 2.75) is 13.0 Å². The van der Waals surface area contributed by atoms with Gasteiger partial charge in [-0.3, -0.25) is 0 Å². The lowest BCUT2D eigenvalue weighted by Gasteiger charge is -2.08. The highest BCUT2D eigenvalue weighted by atomic mass is 79.9. The first-order valence-corrected chi connectivity index (χ1v) is 7.65. The van der Waals surface area contributed by atoms with Crippen molar-refractivity contribution >= 4 is 32.5 Å². The number of halogens is 1. The number of hydrogen-bond donors (Lipinski definition) is 1. The number of para-hydroxylation sites is 1. The fourth-order valence-corrected chi connectivity index (χ4v) is 2.78. The van der Waals surface area contributed by atoms with Crippen LogP contribution in [0, 0.1) is 0 Å². The molecule has 0 radical (unpaired) electrons. The molecule has 0 aliphatic rings. The van der Waals surface area contributed by atoms with Crippen LogP contribution in [0.1, 0.15) is 6.42 Å². The van der Waals surface area contributed by atoms with Crippen molar-refractivity contribution in [3.8, 4) is 0 Å². The predicted molar refractivity (Wildman–Crippen MR) is 89.2 cm³/mol. The van der Waals surface area contributed by atoms with E-state index in [1.54, 1.807) is 0 Å². The van der Waals surface area contributed by atoms with E-state index >= 15 is 0 Å². The molecule has 3 aromatic rings. The van der Waals surface area contributed by atoms with Gasteiger partial charge in [0.05, 0.1) is 0 Å². The lowest BCUT2D eigenvalue weighted by Crippen LogP contribution is -2.05. The number of benzene rings is 2. The molecule has 0 spiro atoms. The standard InChI is InChI=1S/C17H17BrN2/c18-15-7-8-17-14(13-15)9-12-20(17)11-4-10-19-16-5-2-1-3-6-16/h1-3,5-9,12-13,19H,4,10-11H2. The third kappa shape index (κ3) is 3.05. The Labute approximate surface area is 127 Å². The minimum absolute atomic E-state index is 0.986. The molecule has 1 N–H and O–H groups in total. The van der Waals surface area contributed by atoms with Gasteiger partial charge < -0.3 is 9.88 Å². The normalized spacial score (nSPS) is 10.8. The van der Waals surface area contributed by atoms with Crippen LogP contribution >= 0.6 is 15.9 Å². The minimum atomic E-state index is 0.986. The zero-order valence-electron chi connectivity index (χ0n) is 11.2. The van der Waals surface area contributed by atoms with E-state index in [1.807, 2.05) is 6.07 Å². The second-order valence-electron chi connectivity index (χ2n) is 4.86. The Morgan fingerprint density at radius 2 is 1.85 bits per heavy atom. The highest BCUT2D eigenvalue weighted by Gasteiger charge is 2.01. The molecule has 102 valence electrons. The fourth-order valence-electron chi connectivity index (χ4n) is 2.40. The molecule has 0 saturated heterocycles. The van der Waals surface area contributed by atoms with Crippen LogP contribution in [-0.2, 0) is 6.54 Å². The number of hydrogen-bond acceptors (Lipinski definition) is 1. The number of nitrogens with one attached hydrogen (secondary N) is 1. The van der Waals surface area contributed by atoms with E-state index in [4.69, 9.17) is 0 Å². The number of aryl methyl sites for hydroxylation is 1. The molecule has 0 fully saturated rings. The van der Waals surface area contributed by atoms with Crippen molar-refractivity contribution in [2.75, 3.05) is 11.9 Å². The van der Waals surface area contributed by atoms with Crippen LogP contribution in [0.4, 0.5) is 5.69 Å². The van der Waals surface area contributed by atoms with Gasteiger partial charge in [0.1, 0.15) is 0 Å². The summed E-state index contributed by atoms with van der Waals surface area (Å²) >= 11 is 3.51. The van der Waals surface area contributed by atoms with Crippen molar-refractivity contribution in [3.63, 3.8) is 0 Å². The second kappa shape index (κ2) is 6.14. The minimum Gasteiger partial charge on any atom is -0.385 e. The SMILES string of the molecule is Brc1ccc2c(ccn2CCCNc2ccccc2)c1. The monoisotopic (exact) mass is 328 g/mol. The Morgan fingerprint density at radius 1 is 1.00 bits per heavy atom. The molecule has 3 heteroatoms. The number of anilines is 1. The summed E-state index contributed by atoms with van der Waals surface area (Å²) in [6, 6.07) is 18.9. The van der Waals surface area contributed by atoms with Crippen LogP contribution in [0.25, 0.3) is 10.9 Å². The van der Waals surface area contributed by atoms with E-state index in [0.29, 0.717) is 0 Å². The van der Waals surface area contributed by atoms with Crippen LogP contribution in [0.3, 0.4) is 0 Å². The maximum atomic E-state index is 3.51. The van der Waals surface area contributed by atoms with E-state index in [-0.39, 0.29) is 0 Å². The van der Waals surface area contributed by atoms with Crippen LogP contribution < -0.4 is 5.32 Å². The Hall–Kier alpha value is -1.74. The van der Waals surface area contributed by atoms with Crippen molar-refractivity contribution < 1.29 is 0 Å². The Bertz CT molecular complexity index is 689. The molecule has 0 aliphatic carbocycles. The largest absolute Gasteiger partial charge is 0.385 e. The lowest BCUT2D eigenvalue weighted by atomic mass is 10.2. The van der Waals surface area contributed by atoms with Gasteiger partial charge in [-0.1, -0.05) is 34.1 Å². The topological polar surface area (TPSA) is 17.0 Å². The Kier molecular flexibility index (Phi) is 4.07. The first-order valence-electron chi connectivity index (χ1n) is 6.86. The third-order valence-electron chi connectivity index (χ3n) is 3.41. The van der Waals surface area contributed by atoms with Gasteiger partial charge >= 0.3 is 0 Å². The summed E-state index contributed by atoms with van der Waals surface area (Å²) in [5, 5.41) is 4.73. The van der Waals surface area contributed by atoms with Gasteiger partial charge in [-0.05, 0) is 42.8 Å². The molecule has 0 aliphatic heterocycles. The summed E-state index contributed by atoms with van der Waals surface area (Å²) < 4.78 is 3.45. The molecule has 0 saturated carbocycles. The Balaban J connectivity index is 1.58. The summed E-state index contributed by atoms with van der Waals surface area (Å²) in [6.07, 6.45) is 3.27. The quantitative estimate of drug-likeness (QED) is 0.659. The van der Waals surface area contributed by atoms with Crippen LogP contribution in [0.15, 0.2) is 65.3 Å². The molecule has 2 nitrogen and oxygen atoms in total. The Morgan fingerprint density at radius 3 is 2.70 bits per heavy atom. The van der Waals surface area contributed by atoms with Crippen LogP contribution in [-0.4, -0.2) is 11.1 Å². The predicted octanol–water partition coefficient (Wildman–Crippen LogP) is 4.91. The maximum absolute atomic E-state index is 3.51. The average Bonchev–Trinajstić information content (AvgIpc) is 2.87. The molecule has 0 bridgehead atoms. The molecule has 1 heterocycles. The first kappa shape index (κ1) is 13.3. The van der Waals surface area contributed by atoms with E-state index in [9.17, 15) is 0 Å². The van der Waals surface area contributed by atoms with Gasteiger partial charge in [0.25, 0.3) is 0 Å². The average molecular weight is 329 g/mol. The van der Waals surface area contributed by atoms with Gasteiger partial charge in [0.2, 0.25) is 0 Å². The molecule has 0 unspecified atom stereocenters. The second-order valence-corrected chi connectivity index (χ2v) is 5.77.